The van der Waals surface area contributed by atoms with Crippen LogP contribution in [-0.2, 0) is 26.0 Å². The number of carbonyl (C=O) groups is 1. The summed E-state index contributed by atoms with van der Waals surface area (Å²) in [4.78, 5) is 10.9. The minimum Gasteiger partial charge on any atom is -0.469 e. The van der Waals surface area contributed by atoms with E-state index in [4.69, 9.17) is 0 Å². The zero-order valence-electron chi connectivity index (χ0n) is 9.76. The molecule has 0 spiro atoms. The Balaban J connectivity index is 2.59. The maximum absolute atomic E-state index is 11.0. The third-order valence-electron chi connectivity index (χ3n) is 2.10. The molecule has 0 unspecified atom stereocenters. The second-order valence-electron chi connectivity index (χ2n) is 3.65. The second-order valence-corrected chi connectivity index (χ2v) is 5.40. The fourth-order valence-corrected chi connectivity index (χ4v) is 1.87. The number of sulfonamides is 1. The van der Waals surface area contributed by atoms with Crippen LogP contribution in [0.15, 0.2) is 24.3 Å². The van der Waals surface area contributed by atoms with E-state index in [1.807, 2.05) is 0 Å². The molecule has 0 aliphatic carbocycles. The third-order valence-corrected chi connectivity index (χ3v) is 2.71. The molecule has 6 heteroatoms. The van der Waals surface area contributed by atoms with Crippen molar-refractivity contribution in [2.45, 2.75) is 12.8 Å². The van der Waals surface area contributed by atoms with Crippen molar-refractivity contribution in [3.05, 3.63) is 29.8 Å². The van der Waals surface area contributed by atoms with Gasteiger partial charge in [-0.05, 0) is 24.1 Å². The van der Waals surface area contributed by atoms with Gasteiger partial charge in [-0.15, -0.1) is 0 Å². The lowest BCUT2D eigenvalue weighted by atomic mass is 10.1. The number of esters is 1. The fourth-order valence-electron chi connectivity index (χ4n) is 1.30. The number of methoxy groups -OCH3 is 1. The highest BCUT2D eigenvalue weighted by atomic mass is 32.2. The Morgan fingerprint density at radius 1 is 1.29 bits per heavy atom. The topological polar surface area (TPSA) is 72.5 Å². The van der Waals surface area contributed by atoms with E-state index in [0.29, 0.717) is 18.5 Å². The Labute approximate surface area is 101 Å². The molecule has 0 aliphatic rings. The highest BCUT2D eigenvalue weighted by molar-refractivity contribution is 7.92. The van der Waals surface area contributed by atoms with E-state index in [0.717, 1.165) is 11.8 Å². The molecular weight excluding hydrogens is 242 g/mol. The number of nitrogens with one attached hydrogen (secondary N) is 1. The molecule has 0 amide bonds. The van der Waals surface area contributed by atoms with Gasteiger partial charge in [0.05, 0.1) is 13.4 Å². The van der Waals surface area contributed by atoms with Gasteiger partial charge in [0, 0.05) is 12.1 Å². The van der Waals surface area contributed by atoms with Gasteiger partial charge in [-0.2, -0.15) is 0 Å². The number of aryl methyl sites for hydroxylation is 1. The molecule has 0 atom stereocenters. The summed E-state index contributed by atoms with van der Waals surface area (Å²) in [6, 6.07) is 6.87. The summed E-state index contributed by atoms with van der Waals surface area (Å²) < 4.78 is 28.8. The van der Waals surface area contributed by atoms with Crippen molar-refractivity contribution in [2.24, 2.45) is 0 Å². The molecule has 94 valence electrons. The Kier molecular flexibility index (Phi) is 4.51. The van der Waals surface area contributed by atoms with Gasteiger partial charge in [-0.1, -0.05) is 12.1 Å². The molecule has 0 fully saturated rings. The maximum atomic E-state index is 11.0. The van der Waals surface area contributed by atoms with Crippen molar-refractivity contribution in [3.8, 4) is 0 Å². The third kappa shape index (κ3) is 5.35. The molecule has 0 radical (unpaired) electrons. The number of rotatable bonds is 5. The fraction of sp³-hybridized carbons (Fsp3) is 0.364. The van der Waals surface area contributed by atoms with Crippen LogP contribution in [0.1, 0.15) is 12.0 Å². The second kappa shape index (κ2) is 5.67. The van der Waals surface area contributed by atoms with Crippen molar-refractivity contribution in [2.75, 3.05) is 18.1 Å². The SMILES string of the molecule is COC(=O)CCc1ccc(NS(C)(=O)=O)cc1. The van der Waals surface area contributed by atoms with Crippen LogP contribution >= 0.6 is 0 Å². The van der Waals surface area contributed by atoms with E-state index in [2.05, 4.69) is 9.46 Å². The molecule has 1 rings (SSSR count). The molecule has 1 N–H and O–H groups in total. The largest absolute Gasteiger partial charge is 0.469 e. The minimum atomic E-state index is -3.24. The van der Waals surface area contributed by atoms with Crippen LogP contribution in [0.4, 0.5) is 5.69 Å². The van der Waals surface area contributed by atoms with Crippen LogP contribution in [0.3, 0.4) is 0 Å². The summed E-state index contributed by atoms with van der Waals surface area (Å²) in [5, 5.41) is 0. The highest BCUT2D eigenvalue weighted by Gasteiger charge is 2.03. The standard InChI is InChI=1S/C11H15NO4S/c1-16-11(13)8-5-9-3-6-10(7-4-9)12-17(2,14)15/h3-4,6-7,12H,5,8H2,1-2H3. The highest BCUT2D eigenvalue weighted by Crippen LogP contribution is 2.12. The number of benzene rings is 1. The summed E-state index contributed by atoms with van der Waals surface area (Å²) in [5.74, 6) is -0.261. The molecule has 17 heavy (non-hydrogen) atoms. The van der Waals surface area contributed by atoms with Crippen LogP contribution < -0.4 is 4.72 Å². The van der Waals surface area contributed by atoms with Gasteiger partial charge in [0.2, 0.25) is 10.0 Å². The molecule has 0 saturated heterocycles. The molecule has 0 aromatic heterocycles. The van der Waals surface area contributed by atoms with E-state index < -0.39 is 10.0 Å². The smallest absolute Gasteiger partial charge is 0.305 e. The first-order valence-corrected chi connectivity index (χ1v) is 6.93. The first-order valence-electron chi connectivity index (χ1n) is 5.04. The van der Waals surface area contributed by atoms with Crippen molar-refractivity contribution in [1.82, 2.24) is 0 Å². The van der Waals surface area contributed by atoms with E-state index in [1.165, 1.54) is 7.11 Å². The number of ether oxygens (including phenoxy) is 1. The Morgan fingerprint density at radius 3 is 2.35 bits per heavy atom. The van der Waals surface area contributed by atoms with E-state index in [9.17, 15) is 13.2 Å². The zero-order valence-corrected chi connectivity index (χ0v) is 10.6. The minimum absolute atomic E-state index is 0.261. The van der Waals surface area contributed by atoms with Crippen LogP contribution in [0.5, 0.6) is 0 Å². The van der Waals surface area contributed by atoms with Gasteiger partial charge in [-0.25, -0.2) is 8.42 Å². The Morgan fingerprint density at radius 2 is 1.88 bits per heavy atom. The number of hydrogen-bond donors (Lipinski definition) is 1. The van der Waals surface area contributed by atoms with Gasteiger partial charge >= 0.3 is 5.97 Å². The van der Waals surface area contributed by atoms with Gasteiger partial charge in [0.15, 0.2) is 0 Å². The number of anilines is 1. The maximum Gasteiger partial charge on any atom is 0.305 e. The van der Waals surface area contributed by atoms with Gasteiger partial charge in [-0.3, -0.25) is 9.52 Å². The summed E-state index contributed by atoms with van der Waals surface area (Å²) in [5.41, 5.74) is 1.46. The van der Waals surface area contributed by atoms with Gasteiger partial charge in [0.1, 0.15) is 0 Å². The lowest BCUT2D eigenvalue weighted by molar-refractivity contribution is -0.140. The summed E-state index contributed by atoms with van der Waals surface area (Å²) in [6.07, 6.45) is 1.99. The Bertz CT molecular complexity index is 479. The lowest BCUT2D eigenvalue weighted by Crippen LogP contribution is -2.09. The molecule has 1 aromatic carbocycles. The molecule has 0 aliphatic heterocycles. The summed E-state index contributed by atoms with van der Waals surface area (Å²) in [7, 11) is -1.90. The van der Waals surface area contributed by atoms with E-state index in [1.54, 1.807) is 24.3 Å². The summed E-state index contributed by atoms with van der Waals surface area (Å²) in [6.45, 7) is 0. The average molecular weight is 257 g/mol. The number of carbonyl (C=O) groups excluding carboxylic acids is 1. The predicted octanol–water partition coefficient (Wildman–Crippen LogP) is 1.16. The molecular formula is C11H15NO4S. The quantitative estimate of drug-likeness (QED) is 0.803. The zero-order chi connectivity index (χ0) is 12.9. The molecule has 0 bridgehead atoms. The van der Waals surface area contributed by atoms with Crippen molar-refractivity contribution < 1.29 is 17.9 Å². The van der Waals surface area contributed by atoms with Crippen LogP contribution in [0.25, 0.3) is 0 Å². The normalized spacial score (nSPS) is 10.9. The van der Waals surface area contributed by atoms with Crippen LogP contribution in [0, 0.1) is 0 Å². The van der Waals surface area contributed by atoms with E-state index >= 15 is 0 Å². The first kappa shape index (κ1) is 13.5. The molecule has 5 nitrogen and oxygen atoms in total. The summed E-state index contributed by atoms with van der Waals surface area (Å²) >= 11 is 0. The molecule has 0 saturated carbocycles. The van der Waals surface area contributed by atoms with E-state index in [-0.39, 0.29) is 5.97 Å². The molecule has 1 aromatic rings. The van der Waals surface area contributed by atoms with Crippen LogP contribution in [0.2, 0.25) is 0 Å². The first-order chi connectivity index (χ1) is 7.90. The molecule has 0 heterocycles. The Hall–Kier alpha value is -1.56. The average Bonchev–Trinajstić information content (AvgIpc) is 2.25. The number of hydrogen-bond acceptors (Lipinski definition) is 4. The van der Waals surface area contributed by atoms with Gasteiger partial charge in [0.25, 0.3) is 0 Å². The monoisotopic (exact) mass is 257 g/mol. The van der Waals surface area contributed by atoms with Gasteiger partial charge < -0.3 is 4.74 Å². The van der Waals surface area contributed by atoms with Crippen molar-refractivity contribution in [3.63, 3.8) is 0 Å². The van der Waals surface area contributed by atoms with Crippen LogP contribution in [-0.4, -0.2) is 27.8 Å². The van der Waals surface area contributed by atoms with Crippen molar-refractivity contribution >= 4 is 21.7 Å². The lowest BCUT2D eigenvalue weighted by Gasteiger charge is -2.05. The predicted molar refractivity (Wildman–Crippen MR) is 65.2 cm³/mol. The van der Waals surface area contributed by atoms with Crippen molar-refractivity contribution in [1.29, 1.82) is 0 Å².